The molecule has 0 N–H and O–H groups in total. The Hall–Kier alpha value is -0.420. The summed E-state index contributed by atoms with van der Waals surface area (Å²) in [5.74, 6) is -0.166. The van der Waals surface area contributed by atoms with Crippen molar-refractivity contribution in [1.29, 1.82) is 0 Å². The third kappa shape index (κ3) is 2.03. The van der Waals surface area contributed by atoms with Crippen LogP contribution in [0.1, 0.15) is 51.9 Å². The van der Waals surface area contributed by atoms with Gasteiger partial charge in [0.15, 0.2) is 5.78 Å². The number of ketones is 1. The number of piperidine rings is 1. The number of hydrogen-bond donors (Lipinski definition) is 0. The van der Waals surface area contributed by atoms with Crippen LogP contribution in [0.4, 0.5) is 0 Å². The summed E-state index contributed by atoms with van der Waals surface area (Å²) in [5, 5.41) is 0. The normalized spacial score (nSPS) is 25.9. The number of sulfonamides is 1. The highest BCUT2D eigenvalue weighted by molar-refractivity contribution is 7.91. The molecule has 2 rings (SSSR count). The fourth-order valence-electron chi connectivity index (χ4n) is 3.09. The van der Waals surface area contributed by atoms with E-state index in [4.69, 9.17) is 0 Å². The van der Waals surface area contributed by atoms with Gasteiger partial charge in [0.25, 0.3) is 0 Å². The lowest BCUT2D eigenvalue weighted by Crippen LogP contribution is -2.52. The van der Waals surface area contributed by atoms with E-state index in [1.165, 1.54) is 6.92 Å². The third-order valence-corrected chi connectivity index (χ3v) is 6.93. The van der Waals surface area contributed by atoms with E-state index in [0.29, 0.717) is 25.9 Å². The molecule has 98 valence electrons. The molecule has 1 saturated carbocycles. The maximum Gasteiger partial charge on any atom is 0.227 e. The molecule has 2 fully saturated rings. The van der Waals surface area contributed by atoms with E-state index in [1.54, 1.807) is 4.31 Å². The molecule has 0 radical (unpaired) electrons. The van der Waals surface area contributed by atoms with Gasteiger partial charge >= 0.3 is 0 Å². The molecule has 0 aromatic rings. The molecule has 0 bridgehead atoms. The van der Waals surface area contributed by atoms with Crippen molar-refractivity contribution in [2.24, 2.45) is 0 Å². The van der Waals surface area contributed by atoms with Crippen molar-refractivity contribution in [1.82, 2.24) is 4.31 Å². The fraction of sp³-hybridized carbons (Fsp3) is 0.917. The molecule has 1 aliphatic carbocycles. The highest BCUT2D eigenvalue weighted by Crippen LogP contribution is 2.40. The lowest BCUT2D eigenvalue weighted by molar-refractivity contribution is -0.119. The number of hydrogen-bond acceptors (Lipinski definition) is 3. The van der Waals surface area contributed by atoms with E-state index in [2.05, 4.69) is 0 Å². The van der Waals surface area contributed by atoms with Gasteiger partial charge in [-0.05, 0) is 32.6 Å². The zero-order chi connectivity index (χ0) is 12.5. The van der Waals surface area contributed by atoms with Gasteiger partial charge in [0.05, 0.1) is 0 Å². The third-order valence-electron chi connectivity index (χ3n) is 4.20. The molecule has 0 unspecified atom stereocenters. The topological polar surface area (TPSA) is 54.5 Å². The molecular weight excluding hydrogens is 238 g/mol. The van der Waals surface area contributed by atoms with Gasteiger partial charge in [-0.2, -0.15) is 0 Å². The van der Waals surface area contributed by atoms with Crippen LogP contribution in [-0.4, -0.2) is 36.3 Å². The summed E-state index contributed by atoms with van der Waals surface area (Å²) in [6, 6.07) is 0. The lowest BCUT2D eigenvalue weighted by Gasteiger charge is -2.35. The molecule has 1 aliphatic heterocycles. The van der Waals surface area contributed by atoms with Crippen molar-refractivity contribution in [3.8, 4) is 0 Å². The van der Waals surface area contributed by atoms with Crippen molar-refractivity contribution >= 4 is 15.8 Å². The van der Waals surface area contributed by atoms with Gasteiger partial charge in [0, 0.05) is 13.1 Å². The maximum absolute atomic E-state index is 12.7. The summed E-state index contributed by atoms with van der Waals surface area (Å²) in [4.78, 5) is 11.9. The molecule has 1 heterocycles. The Bertz CT molecular complexity index is 390. The van der Waals surface area contributed by atoms with E-state index in [0.717, 1.165) is 32.1 Å². The molecule has 17 heavy (non-hydrogen) atoms. The summed E-state index contributed by atoms with van der Waals surface area (Å²) < 4.78 is 25.8. The van der Waals surface area contributed by atoms with Crippen LogP contribution in [-0.2, 0) is 14.8 Å². The predicted molar refractivity (Wildman–Crippen MR) is 66.2 cm³/mol. The van der Waals surface area contributed by atoms with Crippen LogP contribution < -0.4 is 0 Å². The number of carbonyl (C=O) groups excluding carboxylic acids is 1. The summed E-state index contributed by atoms with van der Waals surface area (Å²) >= 11 is 0. The first-order chi connectivity index (χ1) is 8.01. The smallest absolute Gasteiger partial charge is 0.227 e. The van der Waals surface area contributed by atoms with Crippen LogP contribution in [0, 0.1) is 0 Å². The van der Waals surface area contributed by atoms with Crippen molar-refractivity contribution in [3.05, 3.63) is 0 Å². The van der Waals surface area contributed by atoms with Crippen molar-refractivity contribution in [2.75, 3.05) is 13.1 Å². The monoisotopic (exact) mass is 259 g/mol. The molecule has 0 amide bonds. The Labute approximate surface area is 103 Å². The number of rotatable bonds is 3. The summed E-state index contributed by atoms with van der Waals surface area (Å²) in [5.41, 5.74) is 0. The summed E-state index contributed by atoms with van der Waals surface area (Å²) in [6.07, 6.45) is 5.68. The molecule has 4 nitrogen and oxygen atoms in total. The van der Waals surface area contributed by atoms with Crippen LogP contribution in [0.3, 0.4) is 0 Å². The fourth-order valence-corrected chi connectivity index (χ4v) is 5.49. The average molecular weight is 259 g/mol. The molecule has 2 aliphatic rings. The first-order valence-electron chi connectivity index (χ1n) is 6.51. The SMILES string of the molecule is CC(=O)C1(S(=O)(=O)N2CCCCC2)CCCC1. The second-order valence-corrected chi connectivity index (χ2v) is 7.47. The quantitative estimate of drug-likeness (QED) is 0.775. The van der Waals surface area contributed by atoms with E-state index in [9.17, 15) is 13.2 Å². The van der Waals surface area contributed by atoms with Gasteiger partial charge in [-0.15, -0.1) is 0 Å². The molecule has 0 spiro atoms. The first-order valence-corrected chi connectivity index (χ1v) is 7.95. The van der Waals surface area contributed by atoms with Gasteiger partial charge in [0.1, 0.15) is 4.75 Å². The molecule has 0 atom stereocenters. The zero-order valence-electron chi connectivity index (χ0n) is 10.4. The average Bonchev–Trinajstić information content (AvgIpc) is 2.81. The van der Waals surface area contributed by atoms with Crippen molar-refractivity contribution < 1.29 is 13.2 Å². The van der Waals surface area contributed by atoms with Gasteiger partial charge in [-0.3, -0.25) is 4.79 Å². The van der Waals surface area contributed by atoms with Crippen LogP contribution >= 0.6 is 0 Å². The standard InChI is InChI=1S/C12H21NO3S/c1-11(14)12(7-3-4-8-12)17(15,16)13-9-5-2-6-10-13/h2-10H2,1H3. The minimum absolute atomic E-state index is 0.166. The molecule has 1 saturated heterocycles. The van der Waals surface area contributed by atoms with Crippen molar-refractivity contribution in [2.45, 2.75) is 56.6 Å². The van der Waals surface area contributed by atoms with Gasteiger partial charge in [-0.25, -0.2) is 12.7 Å². The Morgan fingerprint density at radius 1 is 1.00 bits per heavy atom. The Kier molecular flexibility index (Phi) is 3.59. The van der Waals surface area contributed by atoms with E-state index >= 15 is 0 Å². The van der Waals surface area contributed by atoms with E-state index in [1.807, 2.05) is 0 Å². The molecule has 0 aromatic heterocycles. The summed E-state index contributed by atoms with van der Waals surface area (Å²) in [6.45, 7) is 2.63. The summed E-state index contributed by atoms with van der Waals surface area (Å²) in [7, 11) is -3.44. The van der Waals surface area contributed by atoms with E-state index in [-0.39, 0.29) is 5.78 Å². The van der Waals surface area contributed by atoms with Crippen LogP contribution in [0.5, 0.6) is 0 Å². The Morgan fingerprint density at radius 2 is 1.53 bits per heavy atom. The minimum atomic E-state index is -3.44. The predicted octanol–water partition coefficient (Wildman–Crippen LogP) is 1.70. The lowest BCUT2D eigenvalue weighted by atomic mass is 10.0. The van der Waals surface area contributed by atoms with Crippen LogP contribution in [0.15, 0.2) is 0 Å². The van der Waals surface area contributed by atoms with Crippen LogP contribution in [0.25, 0.3) is 0 Å². The van der Waals surface area contributed by atoms with Gasteiger partial charge < -0.3 is 0 Å². The zero-order valence-corrected chi connectivity index (χ0v) is 11.3. The van der Waals surface area contributed by atoms with E-state index < -0.39 is 14.8 Å². The highest BCUT2D eigenvalue weighted by atomic mass is 32.2. The number of nitrogens with zero attached hydrogens (tertiary/aromatic N) is 1. The molecular formula is C12H21NO3S. The molecule has 0 aromatic carbocycles. The largest absolute Gasteiger partial charge is 0.298 e. The van der Waals surface area contributed by atoms with Gasteiger partial charge in [-0.1, -0.05) is 19.3 Å². The Morgan fingerprint density at radius 3 is 2.00 bits per heavy atom. The van der Waals surface area contributed by atoms with Crippen molar-refractivity contribution in [3.63, 3.8) is 0 Å². The maximum atomic E-state index is 12.7. The highest BCUT2D eigenvalue weighted by Gasteiger charge is 2.52. The first kappa shape index (κ1) is 13.0. The molecule has 5 heteroatoms. The minimum Gasteiger partial charge on any atom is -0.298 e. The second-order valence-electron chi connectivity index (χ2n) is 5.22. The van der Waals surface area contributed by atoms with Gasteiger partial charge in [0.2, 0.25) is 10.0 Å². The van der Waals surface area contributed by atoms with Crippen LogP contribution in [0.2, 0.25) is 0 Å². The Balaban J connectivity index is 2.31. The number of Topliss-reactive ketones (excluding diaryl/α,β-unsaturated/α-hetero) is 1. The second kappa shape index (κ2) is 4.69. The number of carbonyl (C=O) groups is 1.